The highest BCUT2D eigenvalue weighted by Crippen LogP contribution is 2.16. The zero-order valence-corrected chi connectivity index (χ0v) is 11.8. The Kier molecular flexibility index (Phi) is 6.61. The van der Waals surface area contributed by atoms with Gasteiger partial charge in [-0.05, 0) is 19.1 Å². The van der Waals surface area contributed by atoms with Crippen LogP contribution in [0.5, 0.6) is 5.75 Å². The Morgan fingerprint density at radius 3 is 2.62 bits per heavy atom. The molecule has 0 aliphatic heterocycles. The normalized spacial score (nSPS) is 13.3. The summed E-state index contributed by atoms with van der Waals surface area (Å²) < 4.78 is 23.5. The first-order valence-electron chi connectivity index (χ1n) is 6.37. The number of hydrogen-bond donors (Lipinski definition) is 2. The van der Waals surface area contributed by atoms with Gasteiger partial charge in [-0.1, -0.05) is 12.1 Å². The van der Waals surface area contributed by atoms with Crippen LogP contribution in [0.1, 0.15) is 13.3 Å². The van der Waals surface area contributed by atoms with Gasteiger partial charge in [0, 0.05) is 13.7 Å². The highest BCUT2D eigenvalue weighted by Gasteiger charge is 2.19. The number of carboxylic acid groups (broad SMARTS) is 1. The van der Waals surface area contributed by atoms with Crippen molar-refractivity contribution in [3.63, 3.8) is 0 Å². The predicted molar refractivity (Wildman–Crippen MR) is 72.5 cm³/mol. The van der Waals surface area contributed by atoms with Crippen LogP contribution in [0.2, 0.25) is 0 Å². The molecule has 1 aromatic rings. The number of ether oxygens (including phenoxy) is 2. The summed E-state index contributed by atoms with van der Waals surface area (Å²) in [7, 11) is 1.36. The Labute approximate surface area is 121 Å². The molecule has 6 nitrogen and oxygen atoms in total. The summed E-state index contributed by atoms with van der Waals surface area (Å²) in [6, 6.07) is 5.76. The Bertz CT molecular complexity index is 494. The molecule has 7 heteroatoms. The molecule has 1 amide bonds. The zero-order chi connectivity index (χ0) is 15.8. The molecule has 2 N–H and O–H groups in total. The van der Waals surface area contributed by atoms with Crippen molar-refractivity contribution in [3.8, 4) is 5.75 Å². The molecule has 2 atom stereocenters. The van der Waals surface area contributed by atoms with E-state index in [0.29, 0.717) is 0 Å². The molecule has 0 spiro atoms. The summed E-state index contributed by atoms with van der Waals surface area (Å²) in [6.45, 7) is 1.51. The zero-order valence-electron chi connectivity index (χ0n) is 11.8. The van der Waals surface area contributed by atoms with Crippen molar-refractivity contribution in [2.75, 3.05) is 13.7 Å². The van der Waals surface area contributed by atoms with Crippen molar-refractivity contribution in [3.05, 3.63) is 30.1 Å². The number of hydrogen-bond acceptors (Lipinski definition) is 4. The van der Waals surface area contributed by atoms with Gasteiger partial charge in [0.2, 0.25) is 0 Å². The number of aliphatic carboxylic acids is 1. The van der Waals surface area contributed by atoms with E-state index in [1.807, 2.05) is 0 Å². The van der Waals surface area contributed by atoms with Gasteiger partial charge in [-0.25, -0.2) is 4.39 Å². The SMILES string of the molecule is COC(CNC(=O)C(C)Oc1ccccc1F)CC(=O)O. The van der Waals surface area contributed by atoms with Crippen LogP contribution in [0.15, 0.2) is 24.3 Å². The molecule has 2 unspecified atom stereocenters. The third kappa shape index (κ3) is 5.78. The molecule has 0 aliphatic rings. The van der Waals surface area contributed by atoms with Gasteiger partial charge in [0.1, 0.15) is 0 Å². The van der Waals surface area contributed by atoms with Crippen molar-refractivity contribution in [1.82, 2.24) is 5.32 Å². The maximum Gasteiger partial charge on any atom is 0.306 e. The summed E-state index contributed by atoms with van der Waals surface area (Å²) >= 11 is 0. The molecule has 0 heterocycles. The van der Waals surface area contributed by atoms with E-state index in [1.165, 1.54) is 32.2 Å². The fourth-order valence-corrected chi connectivity index (χ4v) is 1.58. The van der Waals surface area contributed by atoms with Crippen molar-refractivity contribution in [2.45, 2.75) is 25.6 Å². The largest absolute Gasteiger partial charge is 0.481 e. The number of carbonyl (C=O) groups is 2. The minimum Gasteiger partial charge on any atom is -0.481 e. The quantitative estimate of drug-likeness (QED) is 0.753. The summed E-state index contributed by atoms with van der Waals surface area (Å²) in [5.41, 5.74) is 0. The fourth-order valence-electron chi connectivity index (χ4n) is 1.58. The van der Waals surface area contributed by atoms with Crippen molar-refractivity contribution in [1.29, 1.82) is 0 Å². The second-order valence-electron chi connectivity index (χ2n) is 4.39. The van der Waals surface area contributed by atoms with Gasteiger partial charge >= 0.3 is 5.97 Å². The molecule has 0 saturated heterocycles. The minimum atomic E-state index is -1.02. The lowest BCUT2D eigenvalue weighted by molar-refractivity contribution is -0.140. The number of para-hydroxylation sites is 1. The molecule has 0 aliphatic carbocycles. The van der Waals surface area contributed by atoms with Crippen LogP contribution in [0.4, 0.5) is 4.39 Å². The van der Waals surface area contributed by atoms with Crippen LogP contribution in [-0.4, -0.2) is 42.8 Å². The van der Waals surface area contributed by atoms with Gasteiger partial charge in [-0.3, -0.25) is 9.59 Å². The van der Waals surface area contributed by atoms with Crippen LogP contribution < -0.4 is 10.1 Å². The van der Waals surface area contributed by atoms with Crippen LogP contribution >= 0.6 is 0 Å². The van der Waals surface area contributed by atoms with E-state index in [0.717, 1.165) is 0 Å². The molecule has 0 bridgehead atoms. The molecular formula is C14H18FNO5. The lowest BCUT2D eigenvalue weighted by Crippen LogP contribution is -2.41. The number of halogens is 1. The van der Waals surface area contributed by atoms with Gasteiger partial charge in [-0.15, -0.1) is 0 Å². The number of benzene rings is 1. The Morgan fingerprint density at radius 2 is 2.05 bits per heavy atom. The summed E-state index contributed by atoms with van der Waals surface area (Å²) in [6.07, 6.45) is -1.77. The van der Waals surface area contributed by atoms with E-state index >= 15 is 0 Å². The third-order valence-corrected chi connectivity index (χ3v) is 2.75. The monoisotopic (exact) mass is 299 g/mol. The molecule has 0 radical (unpaired) electrons. The summed E-state index contributed by atoms with van der Waals surface area (Å²) in [4.78, 5) is 22.4. The fraction of sp³-hybridized carbons (Fsp3) is 0.429. The van der Waals surface area contributed by atoms with Crippen LogP contribution in [-0.2, 0) is 14.3 Å². The predicted octanol–water partition coefficient (Wildman–Crippen LogP) is 1.20. The van der Waals surface area contributed by atoms with E-state index in [1.54, 1.807) is 6.07 Å². The standard InChI is InChI=1S/C14H18FNO5/c1-9(21-12-6-4-3-5-11(12)15)14(19)16-8-10(20-2)7-13(17)18/h3-6,9-10H,7-8H2,1-2H3,(H,16,19)(H,17,18). The molecule has 0 aromatic heterocycles. The third-order valence-electron chi connectivity index (χ3n) is 2.75. The molecule has 116 valence electrons. The molecule has 0 saturated carbocycles. The minimum absolute atomic E-state index is 0.0195. The second kappa shape index (κ2) is 8.21. The van der Waals surface area contributed by atoms with E-state index in [2.05, 4.69) is 5.32 Å². The van der Waals surface area contributed by atoms with Gasteiger partial charge in [0.25, 0.3) is 5.91 Å². The van der Waals surface area contributed by atoms with Gasteiger partial charge < -0.3 is 19.9 Å². The van der Waals surface area contributed by atoms with E-state index < -0.39 is 29.9 Å². The highest BCUT2D eigenvalue weighted by atomic mass is 19.1. The maximum atomic E-state index is 13.4. The van der Waals surface area contributed by atoms with Gasteiger partial charge in [-0.2, -0.15) is 0 Å². The Morgan fingerprint density at radius 1 is 1.38 bits per heavy atom. The molecule has 0 fully saturated rings. The van der Waals surface area contributed by atoms with Crippen molar-refractivity contribution >= 4 is 11.9 Å². The lowest BCUT2D eigenvalue weighted by Gasteiger charge is -2.18. The second-order valence-corrected chi connectivity index (χ2v) is 4.39. The number of nitrogens with one attached hydrogen (secondary N) is 1. The average Bonchev–Trinajstić information content (AvgIpc) is 2.45. The first kappa shape index (κ1) is 16.9. The van der Waals surface area contributed by atoms with E-state index in [4.69, 9.17) is 14.6 Å². The first-order chi connectivity index (χ1) is 9.93. The van der Waals surface area contributed by atoms with Crippen LogP contribution in [0, 0.1) is 5.82 Å². The number of methoxy groups -OCH3 is 1. The molecular weight excluding hydrogens is 281 g/mol. The van der Waals surface area contributed by atoms with Gasteiger partial charge in [0.15, 0.2) is 17.7 Å². The van der Waals surface area contributed by atoms with Crippen molar-refractivity contribution < 1.29 is 28.6 Å². The number of rotatable bonds is 8. The lowest BCUT2D eigenvalue weighted by atomic mass is 10.2. The van der Waals surface area contributed by atoms with Crippen LogP contribution in [0.3, 0.4) is 0 Å². The molecule has 1 aromatic carbocycles. The van der Waals surface area contributed by atoms with E-state index in [9.17, 15) is 14.0 Å². The Hall–Kier alpha value is -2.15. The summed E-state index contributed by atoms with van der Waals surface area (Å²) in [5, 5.41) is 11.2. The average molecular weight is 299 g/mol. The maximum absolute atomic E-state index is 13.4. The highest BCUT2D eigenvalue weighted by molar-refractivity contribution is 5.80. The Balaban J connectivity index is 2.47. The molecule has 1 rings (SSSR count). The van der Waals surface area contributed by atoms with Crippen LogP contribution in [0.25, 0.3) is 0 Å². The number of carboxylic acids is 1. The summed E-state index contributed by atoms with van der Waals surface area (Å²) in [5.74, 6) is -2.08. The smallest absolute Gasteiger partial charge is 0.306 e. The number of amides is 1. The topological polar surface area (TPSA) is 84.9 Å². The number of carbonyl (C=O) groups excluding carboxylic acids is 1. The van der Waals surface area contributed by atoms with E-state index in [-0.39, 0.29) is 18.7 Å². The van der Waals surface area contributed by atoms with Crippen molar-refractivity contribution in [2.24, 2.45) is 0 Å². The van der Waals surface area contributed by atoms with Gasteiger partial charge in [0.05, 0.1) is 12.5 Å². The first-order valence-corrected chi connectivity index (χ1v) is 6.37. The molecule has 21 heavy (non-hydrogen) atoms.